The van der Waals surface area contributed by atoms with Gasteiger partial charge in [-0.3, -0.25) is 9.78 Å². The highest BCUT2D eigenvalue weighted by atomic mass is 19.1. The molecule has 1 amide bonds. The van der Waals surface area contributed by atoms with Crippen LogP contribution in [0.2, 0.25) is 0 Å². The normalized spacial score (nSPS) is 24.0. The number of rotatable bonds is 4. The smallest absolute Gasteiger partial charge is 0.276 e. The number of hydrogen-bond acceptors (Lipinski definition) is 7. The number of carbonyl (C=O) groups excluding carboxylic acids is 1. The number of halogens is 2. The van der Waals surface area contributed by atoms with Crippen molar-refractivity contribution >= 4 is 17.3 Å². The number of nitrogen functional groups attached to an aromatic ring is 1. The number of nitrogens with zero attached hydrogens (tertiary/aromatic N) is 3. The molecule has 0 radical (unpaired) electrons. The third-order valence-corrected chi connectivity index (χ3v) is 6.55. The molecule has 8 nitrogen and oxygen atoms in total. The van der Waals surface area contributed by atoms with Crippen LogP contribution in [-0.4, -0.2) is 33.0 Å². The number of benzene rings is 1. The van der Waals surface area contributed by atoms with Crippen LogP contribution >= 0.6 is 0 Å². The number of hydrogen-bond donors (Lipinski definition) is 3. The molecule has 2 fully saturated rings. The van der Waals surface area contributed by atoms with Crippen LogP contribution in [-0.2, 0) is 4.74 Å². The minimum atomic E-state index is -0.846. The first-order valence-electron chi connectivity index (χ1n) is 11.2. The van der Waals surface area contributed by atoms with E-state index in [1.807, 2.05) is 0 Å². The molecule has 2 aliphatic rings. The van der Waals surface area contributed by atoms with E-state index in [4.69, 9.17) is 16.2 Å². The van der Waals surface area contributed by atoms with Crippen molar-refractivity contribution in [2.45, 2.75) is 43.9 Å². The van der Waals surface area contributed by atoms with Crippen LogP contribution in [0.25, 0.3) is 11.4 Å². The van der Waals surface area contributed by atoms with E-state index in [2.05, 4.69) is 20.3 Å². The highest BCUT2D eigenvalue weighted by Crippen LogP contribution is 2.43. The van der Waals surface area contributed by atoms with Gasteiger partial charge in [0.05, 0.1) is 41.5 Å². The molecule has 0 bridgehead atoms. The van der Waals surface area contributed by atoms with Crippen LogP contribution in [0, 0.1) is 17.6 Å². The van der Waals surface area contributed by atoms with Gasteiger partial charge < -0.3 is 21.5 Å². The largest absolute Gasteiger partial charge is 0.396 e. The van der Waals surface area contributed by atoms with E-state index in [0.29, 0.717) is 18.0 Å². The van der Waals surface area contributed by atoms with E-state index >= 15 is 0 Å². The van der Waals surface area contributed by atoms with Gasteiger partial charge in [0, 0.05) is 23.7 Å². The lowest BCUT2D eigenvalue weighted by Gasteiger charge is -2.37. The second kappa shape index (κ2) is 9.03. The molecule has 3 heterocycles. The monoisotopic (exact) mass is 466 g/mol. The predicted octanol–water partition coefficient (Wildman–Crippen LogP) is 3.61. The van der Waals surface area contributed by atoms with Gasteiger partial charge in [0.15, 0.2) is 11.5 Å². The second-order valence-electron chi connectivity index (χ2n) is 8.67. The lowest BCUT2D eigenvalue weighted by atomic mass is 9.87. The zero-order valence-electron chi connectivity index (χ0n) is 18.2. The molecule has 0 spiro atoms. The van der Waals surface area contributed by atoms with Gasteiger partial charge in [-0.15, -0.1) is 0 Å². The number of pyridine rings is 1. The quantitative estimate of drug-likeness (QED) is 0.536. The summed E-state index contributed by atoms with van der Waals surface area (Å²) in [5.74, 6) is -2.28. The van der Waals surface area contributed by atoms with Crippen molar-refractivity contribution in [1.29, 1.82) is 0 Å². The lowest BCUT2D eigenvalue weighted by Crippen LogP contribution is -2.43. The van der Waals surface area contributed by atoms with Crippen LogP contribution in [0.15, 0.2) is 42.9 Å². The van der Waals surface area contributed by atoms with Gasteiger partial charge in [0.2, 0.25) is 0 Å². The fourth-order valence-corrected chi connectivity index (χ4v) is 4.88. The van der Waals surface area contributed by atoms with Gasteiger partial charge in [-0.1, -0.05) is 12.5 Å². The van der Waals surface area contributed by atoms with Crippen molar-refractivity contribution in [3.8, 4) is 11.4 Å². The maximum absolute atomic E-state index is 14.2. The Morgan fingerprint density at radius 1 is 1.15 bits per heavy atom. The lowest BCUT2D eigenvalue weighted by molar-refractivity contribution is -0.0800. The summed E-state index contributed by atoms with van der Waals surface area (Å²) in [6, 6.07) is 5.20. The van der Waals surface area contributed by atoms with Crippen molar-refractivity contribution in [2.75, 3.05) is 11.1 Å². The van der Waals surface area contributed by atoms with E-state index in [0.717, 1.165) is 43.2 Å². The van der Waals surface area contributed by atoms with Gasteiger partial charge in [0.1, 0.15) is 11.6 Å². The average Bonchev–Trinajstić information content (AvgIpc) is 3.30. The number of carbonyl (C=O) groups is 1. The van der Waals surface area contributed by atoms with E-state index in [1.165, 1.54) is 12.3 Å². The maximum atomic E-state index is 14.2. The molecule has 2 aromatic heterocycles. The number of amides is 1. The summed E-state index contributed by atoms with van der Waals surface area (Å²) in [4.78, 5) is 25.2. The second-order valence-corrected chi connectivity index (χ2v) is 8.67. The topological polar surface area (TPSA) is 129 Å². The Bertz CT molecular complexity index is 1220. The Kier molecular flexibility index (Phi) is 5.93. The Labute approximate surface area is 194 Å². The van der Waals surface area contributed by atoms with Gasteiger partial charge in [0.25, 0.3) is 5.91 Å². The molecule has 1 aliphatic heterocycles. The summed E-state index contributed by atoms with van der Waals surface area (Å²) in [5, 5.41) is 2.77. The Balaban J connectivity index is 1.43. The van der Waals surface area contributed by atoms with Crippen molar-refractivity contribution in [3.05, 3.63) is 65.7 Å². The first kappa shape index (κ1) is 22.3. The van der Waals surface area contributed by atoms with Gasteiger partial charge in [-0.05, 0) is 37.5 Å². The van der Waals surface area contributed by atoms with E-state index in [1.54, 1.807) is 12.3 Å². The molecular formula is C24H24F2N6O2. The van der Waals surface area contributed by atoms with Crippen molar-refractivity contribution in [1.82, 2.24) is 15.0 Å². The van der Waals surface area contributed by atoms with Gasteiger partial charge in [-0.2, -0.15) is 0 Å². The van der Waals surface area contributed by atoms with Gasteiger partial charge in [-0.25, -0.2) is 18.7 Å². The van der Waals surface area contributed by atoms with E-state index in [-0.39, 0.29) is 35.5 Å². The van der Waals surface area contributed by atoms with Crippen molar-refractivity contribution in [2.24, 2.45) is 11.7 Å². The average molecular weight is 466 g/mol. The molecule has 34 heavy (non-hydrogen) atoms. The summed E-state index contributed by atoms with van der Waals surface area (Å²) in [7, 11) is 0. The fourth-order valence-electron chi connectivity index (χ4n) is 4.88. The summed E-state index contributed by atoms with van der Waals surface area (Å²) in [6.45, 7) is 0. The number of ether oxygens (including phenoxy) is 1. The maximum Gasteiger partial charge on any atom is 0.276 e. The third-order valence-electron chi connectivity index (χ3n) is 6.55. The first-order valence-corrected chi connectivity index (χ1v) is 11.2. The molecule has 0 unspecified atom stereocenters. The number of nitrogens with one attached hydrogen (secondary N) is 1. The highest BCUT2D eigenvalue weighted by Gasteiger charge is 2.40. The molecule has 3 aromatic rings. The molecule has 176 valence electrons. The molecule has 5 rings (SSSR count). The van der Waals surface area contributed by atoms with E-state index in [9.17, 15) is 13.6 Å². The van der Waals surface area contributed by atoms with Crippen LogP contribution in [0.4, 0.5) is 20.2 Å². The molecule has 1 aromatic carbocycles. The standard InChI is InChI=1S/C24H24F2N6O2/c25-14-4-2-5-15(26)21(14)23-30-10-17(28)22(32-23)24(33)31-18-11-29-8-7-13(18)20-9-16(27)12-3-1-6-19(12)34-20/h2,4-5,7-8,10-12,16,19-20H,1,3,6,9,27-28H2,(H,31,33)/t12-,16-,19-,20-/m1/s1. The molecule has 1 saturated heterocycles. The fraction of sp³-hybridized carbons (Fsp3) is 0.333. The number of anilines is 2. The predicted molar refractivity (Wildman–Crippen MR) is 122 cm³/mol. The van der Waals surface area contributed by atoms with Crippen molar-refractivity contribution < 1.29 is 18.3 Å². The van der Waals surface area contributed by atoms with Crippen LogP contribution in [0.5, 0.6) is 0 Å². The summed E-state index contributed by atoms with van der Waals surface area (Å²) < 4.78 is 34.8. The van der Waals surface area contributed by atoms with Crippen molar-refractivity contribution in [3.63, 3.8) is 0 Å². The minimum absolute atomic E-state index is 0.0127. The first-order chi connectivity index (χ1) is 16.4. The summed E-state index contributed by atoms with van der Waals surface area (Å²) in [6.07, 6.45) is 7.84. The van der Waals surface area contributed by atoms with Crippen LogP contribution in [0.1, 0.15) is 47.8 Å². The molecule has 1 aliphatic carbocycles. The van der Waals surface area contributed by atoms with Gasteiger partial charge >= 0.3 is 0 Å². The summed E-state index contributed by atoms with van der Waals surface area (Å²) in [5.41, 5.74) is 12.9. The Hall–Kier alpha value is -3.50. The zero-order chi connectivity index (χ0) is 23.8. The van der Waals surface area contributed by atoms with Crippen LogP contribution in [0.3, 0.4) is 0 Å². The zero-order valence-corrected chi connectivity index (χ0v) is 18.2. The highest BCUT2D eigenvalue weighted by molar-refractivity contribution is 6.06. The van der Waals surface area contributed by atoms with E-state index < -0.39 is 23.1 Å². The molecule has 5 N–H and O–H groups in total. The van der Waals surface area contributed by atoms with Crippen LogP contribution < -0.4 is 16.8 Å². The molecule has 10 heteroatoms. The Morgan fingerprint density at radius 3 is 2.74 bits per heavy atom. The molecule has 4 atom stereocenters. The summed E-state index contributed by atoms with van der Waals surface area (Å²) >= 11 is 0. The molecular weight excluding hydrogens is 442 g/mol. The number of fused-ring (bicyclic) bond motifs is 1. The number of aromatic nitrogens is 3. The minimum Gasteiger partial charge on any atom is -0.396 e. The number of nitrogens with two attached hydrogens (primary N) is 2. The molecule has 1 saturated carbocycles. The SMILES string of the molecule is Nc1cnc(-c2c(F)cccc2F)nc1C(=O)Nc1cnccc1[C@H]1C[C@@H](N)[C@H]2CCC[C@H]2O1. The Morgan fingerprint density at radius 2 is 1.94 bits per heavy atom. The third kappa shape index (κ3) is 4.10.